The molecule has 2 rings (SSSR count). The van der Waals surface area contributed by atoms with Crippen LogP contribution in [0, 0.1) is 23.2 Å². The maximum atomic E-state index is 12.4. The van der Waals surface area contributed by atoms with Gasteiger partial charge in [0.15, 0.2) is 0 Å². The first kappa shape index (κ1) is 15.3. The maximum absolute atomic E-state index is 12.4. The van der Waals surface area contributed by atoms with Gasteiger partial charge in [-0.05, 0) is 25.2 Å². The summed E-state index contributed by atoms with van der Waals surface area (Å²) in [5.41, 5.74) is -0.0899. The number of carbonyl (C=O) groups is 2. The van der Waals surface area contributed by atoms with Gasteiger partial charge in [-0.2, -0.15) is 0 Å². The molecule has 0 bridgehead atoms. The van der Waals surface area contributed by atoms with Crippen LogP contribution in [-0.4, -0.2) is 36.2 Å². The minimum atomic E-state index is -0.850. The molecule has 2 aliphatic carbocycles. The van der Waals surface area contributed by atoms with Gasteiger partial charge in [0.1, 0.15) is 0 Å². The van der Waals surface area contributed by atoms with E-state index in [-0.39, 0.29) is 29.4 Å². The van der Waals surface area contributed by atoms with E-state index < -0.39 is 11.9 Å². The highest BCUT2D eigenvalue weighted by atomic mass is 16.5. The molecule has 2 saturated carbocycles. The summed E-state index contributed by atoms with van der Waals surface area (Å²) in [5, 5.41) is 12.3. The van der Waals surface area contributed by atoms with Crippen LogP contribution < -0.4 is 5.32 Å². The highest BCUT2D eigenvalue weighted by molar-refractivity contribution is 5.85. The van der Waals surface area contributed by atoms with Crippen molar-refractivity contribution in [3.8, 4) is 0 Å². The monoisotopic (exact) mass is 283 g/mol. The van der Waals surface area contributed by atoms with E-state index >= 15 is 0 Å². The van der Waals surface area contributed by atoms with Crippen LogP contribution in [0.3, 0.4) is 0 Å². The highest BCUT2D eigenvalue weighted by Gasteiger charge is 2.50. The molecule has 5 heteroatoms. The molecule has 3 unspecified atom stereocenters. The average molecular weight is 283 g/mol. The quantitative estimate of drug-likeness (QED) is 0.823. The van der Waals surface area contributed by atoms with Crippen LogP contribution in [0.25, 0.3) is 0 Å². The van der Waals surface area contributed by atoms with Gasteiger partial charge in [-0.15, -0.1) is 0 Å². The van der Waals surface area contributed by atoms with Crippen molar-refractivity contribution in [3.05, 3.63) is 0 Å². The van der Waals surface area contributed by atoms with Crippen LogP contribution in [0.5, 0.6) is 0 Å². The smallest absolute Gasteiger partial charge is 0.307 e. The van der Waals surface area contributed by atoms with E-state index in [1.807, 2.05) is 6.92 Å². The number of carboxylic acid groups (broad SMARTS) is 1. The van der Waals surface area contributed by atoms with Crippen molar-refractivity contribution in [1.29, 1.82) is 0 Å². The first-order chi connectivity index (χ1) is 9.27. The van der Waals surface area contributed by atoms with Crippen molar-refractivity contribution in [2.24, 2.45) is 23.2 Å². The number of amides is 1. The van der Waals surface area contributed by atoms with E-state index in [4.69, 9.17) is 4.74 Å². The predicted molar refractivity (Wildman–Crippen MR) is 74.1 cm³/mol. The molecule has 5 nitrogen and oxygen atoms in total. The zero-order chi connectivity index (χ0) is 15.1. The molecular weight excluding hydrogens is 258 g/mol. The van der Waals surface area contributed by atoms with Gasteiger partial charge in [-0.1, -0.05) is 20.8 Å². The zero-order valence-corrected chi connectivity index (χ0v) is 12.7. The van der Waals surface area contributed by atoms with Crippen LogP contribution in [0.15, 0.2) is 0 Å². The van der Waals surface area contributed by atoms with Gasteiger partial charge in [-0.3, -0.25) is 9.59 Å². The normalized spacial score (nSPS) is 39.1. The molecule has 0 aromatic heterocycles. The SMILES string of the molecule is COC1CC(NC(=O)[C@H]2CC(C)C[C@H]2C(=O)O)C1(C)C. The van der Waals surface area contributed by atoms with Gasteiger partial charge >= 0.3 is 5.97 Å². The molecule has 2 N–H and O–H groups in total. The average Bonchev–Trinajstić information content (AvgIpc) is 2.76. The van der Waals surface area contributed by atoms with Crippen LogP contribution in [0.1, 0.15) is 40.0 Å². The number of rotatable bonds is 4. The summed E-state index contributed by atoms with van der Waals surface area (Å²) in [6.45, 7) is 6.15. The number of hydrogen-bond acceptors (Lipinski definition) is 3. The van der Waals surface area contributed by atoms with Crippen molar-refractivity contribution in [3.63, 3.8) is 0 Å². The predicted octanol–water partition coefficient (Wildman–Crippen LogP) is 1.66. The lowest BCUT2D eigenvalue weighted by Crippen LogP contribution is -2.62. The molecule has 5 atom stereocenters. The topological polar surface area (TPSA) is 75.6 Å². The van der Waals surface area contributed by atoms with E-state index in [0.717, 1.165) is 6.42 Å². The Morgan fingerprint density at radius 1 is 1.20 bits per heavy atom. The van der Waals surface area contributed by atoms with Crippen molar-refractivity contribution < 1.29 is 19.4 Å². The number of carbonyl (C=O) groups excluding carboxylic acids is 1. The van der Waals surface area contributed by atoms with Crippen LogP contribution >= 0.6 is 0 Å². The van der Waals surface area contributed by atoms with Gasteiger partial charge in [0, 0.05) is 18.6 Å². The van der Waals surface area contributed by atoms with Gasteiger partial charge in [0.05, 0.1) is 17.9 Å². The molecule has 1 amide bonds. The number of carboxylic acids is 1. The summed E-state index contributed by atoms with van der Waals surface area (Å²) in [4.78, 5) is 23.6. The second-order valence-corrected chi connectivity index (χ2v) is 6.97. The molecule has 0 spiro atoms. The van der Waals surface area contributed by atoms with E-state index in [9.17, 15) is 14.7 Å². The molecular formula is C15H25NO4. The van der Waals surface area contributed by atoms with E-state index in [2.05, 4.69) is 19.2 Å². The lowest BCUT2D eigenvalue weighted by Gasteiger charge is -2.51. The second-order valence-electron chi connectivity index (χ2n) is 6.97. The molecule has 2 fully saturated rings. The largest absolute Gasteiger partial charge is 0.481 e. The van der Waals surface area contributed by atoms with Crippen molar-refractivity contribution in [1.82, 2.24) is 5.32 Å². The fourth-order valence-electron chi connectivity index (χ4n) is 3.66. The number of ether oxygens (including phenoxy) is 1. The van der Waals surface area contributed by atoms with Crippen LogP contribution in [0.2, 0.25) is 0 Å². The standard InChI is InChI=1S/C15H25NO4/c1-8-5-9(10(6-8)14(18)19)13(17)16-11-7-12(20-4)15(11,2)3/h8-12H,5-7H2,1-4H3,(H,16,17)(H,18,19)/t8?,9-,10+,11?,12?/m0/s1. The van der Waals surface area contributed by atoms with Gasteiger partial charge in [-0.25, -0.2) is 0 Å². The molecule has 0 saturated heterocycles. The molecule has 0 heterocycles. The highest BCUT2D eigenvalue weighted by Crippen LogP contribution is 2.43. The Bertz CT molecular complexity index is 407. The molecule has 0 aliphatic heterocycles. The summed E-state index contributed by atoms with van der Waals surface area (Å²) >= 11 is 0. The third kappa shape index (κ3) is 2.55. The number of hydrogen-bond donors (Lipinski definition) is 2. The molecule has 0 aromatic carbocycles. The third-order valence-electron chi connectivity index (χ3n) is 5.23. The summed E-state index contributed by atoms with van der Waals surface area (Å²) in [5.74, 6) is -1.58. The maximum Gasteiger partial charge on any atom is 0.307 e. The van der Waals surface area contributed by atoms with Crippen LogP contribution in [-0.2, 0) is 14.3 Å². The number of aliphatic carboxylic acids is 1. The molecule has 114 valence electrons. The summed E-state index contributed by atoms with van der Waals surface area (Å²) in [7, 11) is 1.68. The van der Waals surface area contributed by atoms with Gasteiger partial charge in [0.25, 0.3) is 0 Å². The Morgan fingerprint density at radius 2 is 1.80 bits per heavy atom. The fraction of sp³-hybridized carbons (Fsp3) is 0.867. The number of nitrogens with one attached hydrogen (secondary N) is 1. The minimum absolute atomic E-state index is 0.0744. The summed E-state index contributed by atoms with van der Waals surface area (Å²) in [6.07, 6.45) is 2.23. The first-order valence-electron chi connectivity index (χ1n) is 7.33. The minimum Gasteiger partial charge on any atom is -0.481 e. The zero-order valence-electron chi connectivity index (χ0n) is 12.7. The second kappa shape index (κ2) is 5.35. The fourth-order valence-corrected chi connectivity index (χ4v) is 3.66. The Balaban J connectivity index is 1.97. The molecule has 0 radical (unpaired) electrons. The number of methoxy groups -OCH3 is 1. The molecule has 2 aliphatic rings. The summed E-state index contributed by atoms with van der Waals surface area (Å²) in [6, 6.07) is 0.0744. The Labute approximate surface area is 120 Å². The van der Waals surface area contributed by atoms with Crippen molar-refractivity contribution >= 4 is 11.9 Å². The van der Waals surface area contributed by atoms with Gasteiger partial charge in [0.2, 0.25) is 5.91 Å². The Hall–Kier alpha value is -1.10. The van der Waals surface area contributed by atoms with E-state index in [1.54, 1.807) is 7.11 Å². The third-order valence-corrected chi connectivity index (χ3v) is 5.23. The van der Waals surface area contributed by atoms with E-state index in [0.29, 0.717) is 18.8 Å². The van der Waals surface area contributed by atoms with Crippen molar-refractivity contribution in [2.45, 2.75) is 52.2 Å². The Morgan fingerprint density at radius 3 is 2.30 bits per heavy atom. The van der Waals surface area contributed by atoms with E-state index in [1.165, 1.54) is 0 Å². The lowest BCUT2D eigenvalue weighted by molar-refractivity contribution is -0.148. The Kier molecular flexibility index (Phi) is 4.09. The lowest BCUT2D eigenvalue weighted by atomic mass is 9.64. The summed E-state index contributed by atoms with van der Waals surface area (Å²) < 4.78 is 5.37. The molecule has 20 heavy (non-hydrogen) atoms. The van der Waals surface area contributed by atoms with Gasteiger partial charge < -0.3 is 15.2 Å². The first-order valence-corrected chi connectivity index (χ1v) is 7.33. The van der Waals surface area contributed by atoms with Crippen LogP contribution in [0.4, 0.5) is 0 Å². The molecule has 0 aromatic rings. The van der Waals surface area contributed by atoms with Crippen molar-refractivity contribution in [2.75, 3.05) is 7.11 Å².